The molecule has 0 amide bonds. The van der Waals surface area contributed by atoms with Gasteiger partial charge < -0.3 is 5.21 Å². The first-order valence-corrected chi connectivity index (χ1v) is 1.93. The highest BCUT2D eigenvalue weighted by atomic mass is 16.5. The van der Waals surface area contributed by atoms with E-state index in [-0.39, 0.29) is 5.17 Å². The molecule has 4 heteroatoms. The molecule has 4 nitrogen and oxygen atoms in total. The predicted molar refractivity (Wildman–Crippen MR) is 22.9 cm³/mol. The largest absolute Gasteiger partial charge is 0.600 e. The third-order valence-corrected chi connectivity index (χ3v) is 0.639. The SMILES string of the molecule is CC1=C[NH+]([O-])N=N1. The van der Waals surface area contributed by atoms with Gasteiger partial charge in [-0.3, -0.25) is 0 Å². The standard InChI is InChI=1S/C3H5N3O/c1-3-2-6(7)5-4-3/h2,6H,1H3. The summed E-state index contributed by atoms with van der Waals surface area (Å²) >= 11 is 0. The number of nitrogens with one attached hydrogen (secondary N) is 1. The van der Waals surface area contributed by atoms with Crippen molar-refractivity contribution in [3.8, 4) is 0 Å². The number of rotatable bonds is 0. The molecule has 1 aliphatic heterocycles. The van der Waals surface area contributed by atoms with Crippen molar-refractivity contribution in [2.75, 3.05) is 0 Å². The van der Waals surface area contributed by atoms with Gasteiger partial charge in [-0.25, -0.2) is 0 Å². The number of hydrogen-bond acceptors (Lipinski definition) is 3. The van der Waals surface area contributed by atoms with E-state index < -0.39 is 0 Å². The van der Waals surface area contributed by atoms with E-state index in [9.17, 15) is 5.21 Å². The lowest BCUT2D eigenvalue weighted by atomic mass is 10.6. The summed E-state index contributed by atoms with van der Waals surface area (Å²) in [5, 5.41) is 16.5. The Morgan fingerprint density at radius 2 is 2.57 bits per heavy atom. The summed E-state index contributed by atoms with van der Waals surface area (Å²) < 4.78 is 0. The minimum atomic E-state index is -0.252. The zero-order valence-electron chi connectivity index (χ0n) is 3.88. The van der Waals surface area contributed by atoms with Crippen LogP contribution < -0.4 is 5.17 Å². The highest BCUT2D eigenvalue weighted by Gasteiger charge is 1.98. The zero-order valence-corrected chi connectivity index (χ0v) is 3.88. The Morgan fingerprint density at radius 1 is 1.86 bits per heavy atom. The van der Waals surface area contributed by atoms with Gasteiger partial charge in [0.15, 0.2) is 0 Å². The third kappa shape index (κ3) is 0.819. The minimum absolute atomic E-state index is 0.252. The number of nitrogens with zero attached hydrogens (tertiary/aromatic N) is 2. The molecule has 0 aliphatic carbocycles. The van der Waals surface area contributed by atoms with Crippen LogP contribution in [0.25, 0.3) is 0 Å². The molecule has 1 aliphatic rings. The van der Waals surface area contributed by atoms with E-state index in [1.54, 1.807) is 6.92 Å². The molecule has 1 unspecified atom stereocenters. The van der Waals surface area contributed by atoms with Gasteiger partial charge in [-0.15, -0.1) is 0 Å². The maximum Gasteiger partial charge on any atom is 0.146 e. The molecule has 0 aromatic heterocycles. The Balaban J connectivity index is 2.69. The Bertz CT molecular complexity index is 128. The number of allylic oxidation sites excluding steroid dienone is 1. The van der Waals surface area contributed by atoms with Crippen molar-refractivity contribution < 1.29 is 5.17 Å². The summed E-state index contributed by atoms with van der Waals surface area (Å²) in [7, 11) is 0. The van der Waals surface area contributed by atoms with Crippen LogP contribution in [0.1, 0.15) is 6.92 Å². The van der Waals surface area contributed by atoms with E-state index in [2.05, 4.69) is 10.3 Å². The molecule has 0 bridgehead atoms. The van der Waals surface area contributed by atoms with Gasteiger partial charge in [0.05, 0.1) is 0 Å². The van der Waals surface area contributed by atoms with Crippen molar-refractivity contribution in [2.45, 2.75) is 6.92 Å². The van der Waals surface area contributed by atoms with Gasteiger partial charge in [0.25, 0.3) is 0 Å². The molecule has 1 N–H and O–H groups in total. The normalized spacial score (nSPS) is 28.3. The van der Waals surface area contributed by atoms with Gasteiger partial charge in [0.1, 0.15) is 11.9 Å². The van der Waals surface area contributed by atoms with E-state index in [4.69, 9.17) is 0 Å². The molecule has 1 heterocycles. The van der Waals surface area contributed by atoms with Crippen molar-refractivity contribution in [3.63, 3.8) is 0 Å². The third-order valence-electron chi connectivity index (χ3n) is 0.639. The number of quaternary nitrogens is 1. The number of hydroxylamine groups is 1. The summed E-state index contributed by atoms with van der Waals surface area (Å²) in [6, 6.07) is 0. The summed E-state index contributed by atoms with van der Waals surface area (Å²) in [5.74, 6) is 0. The molecule has 38 valence electrons. The van der Waals surface area contributed by atoms with Crippen LogP contribution in [0.15, 0.2) is 22.2 Å². The fourth-order valence-electron chi connectivity index (χ4n) is 0.365. The molecule has 1 rings (SSSR count). The van der Waals surface area contributed by atoms with Crippen LogP contribution in [-0.4, -0.2) is 0 Å². The lowest BCUT2D eigenvalue weighted by molar-refractivity contribution is -0.799. The van der Waals surface area contributed by atoms with Crippen LogP contribution in [0.3, 0.4) is 0 Å². The fraction of sp³-hybridized carbons (Fsp3) is 0.333. The van der Waals surface area contributed by atoms with Crippen LogP contribution in [0.4, 0.5) is 0 Å². The summed E-state index contributed by atoms with van der Waals surface area (Å²) in [6.45, 7) is 1.73. The highest BCUT2D eigenvalue weighted by Crippen LogP contribution is 1.92. The van der Waals surface area contributed by atoms with Crippen molar-refractivity contribution in [2.24, 2.45) is 10.3 Å². The molecule has 1 atom stereocenters. The maximum absolute atomic E-state index is 10.1. The summed E-state index contributed by atoms with van der Waals surface area (Å²) in [6.07, 6.45) is 1.39. The fourth-order valence-corrected chi connectivity index (χ4v) is 0.365. The van der Waals surface area contributed by atoms with Gasteiger partial charge in [-0.2, -0.15) is 5.17 Å². The van der Waals surface area contributed by atoms with Crippen LogP contribution in [-0.2, 0) is 0 Å². The topological polar surface area (TPSA) is 52.2 Å². The lowest BCUT2D eigenvalue weighted by Crippen LogP contribution is -2.95. The van der Waals surface area contributed by atoms with Gasteiger partial charge in [0, 0.05) is 5.22 Å². The monoisotopic (exact) mass is 99.0 g/mol. The molecule has 7 heavy (non-hydrogen) atoms. The van der Waals surface area contributed by atoms with E-state index in [0.29, 0.717) is 5.70 Å². The second-order valence-corrected chi connectivity index (χ2v) is 1.32. The van der Waals surface area contributed by atoms with Crippen LogP contribution in [0.5, 0.6) is 0 Å². The molecule has 0 fully saturated rings. The van der Waals surface area contributed by atoms with Crippen molar-refractivity contribution in [3.05, 3.63) is 17.1 Å². The van der Waals surface area contributed by atoms with Crippen molar-refractivity contribution in [1.82, 2.24) is 0 Å². The predicted octanol–water partition coefficient (Wildman–Crippen LogP) is -0.389. The highest BCUT2D eigenvalue weighted by molar-refractivity contribution is 4.88. The zero-order chi connectivity index (χ0) is 5.28. The molecule has 0 radical (unpaired) electrons. The average molecular weight is 99.1 g/mol. The lowest BCUT2D eigenvalue weighted by Gasteiger charge is -1.98. The van der Waals surface area contributed by atoms with Crippen molar-refractivity contribution >= 4 is 0 Å². The van der Waals surface area contributed by atoms with Gasteiger partial charge in [-0.05, 0) is 6.92 Å². The van der Waals surface area contributed by atoms with E-state index in [0.717, 1.165) is 0 Å². The Hall–Kier alpha value is -0.740. The molecule has 0 saturated carbocycles. The van der Waals surface area contributed by atoms with Gasteiger partial charge >= 0.3 is 0 Å². The Kier molecular flexibility index (Phi) is 0.883. The van der Waals surface area contributed by atoms with E-state index in [1.807, 2.05) is 0 Å². The summed E-state index contributed by atoms with van der Waals surface area (Å²) in [5.41, 5.74) is 0.685. The van der Waals surface area contributed by atoms with Crippen LogP contribution >= 0.6 is 0 Å². The molecule has 0 spiro atoms. The molecule has 0 aromatic rings. The molecular formula is C3H5N3O. The smallest absolute Gasteiger partial charge is 0.146 e. The van der Waals surface area contributed by atoms with E-state index >= 15 is 0 Å². The Labute approximate surface area is 40.7 Å². The van der Waals surface area contributed by atoms with Gasteiger partial charge in [-0.1, -0.05) is 5.11 Å². The second-order valence-electron chi connectivity index (χ2n) is 1.32. The first-order valence-electron chi connectivity index (χ1n) is 1.93. The van der Waals surface area contributed by atoms with Gasteiger partial charge in [0.2, 0.25) is 0 Å². The molecule has 0 aromatic carbocycles. The van der Waals surface area contributed by atoms with Crippen LogP contribution in [0.2, 0.25) is 0 Å². The van der Waals surface area contributed by atoms with E-state index in [1.165, 1.54) is 6.20 Å². The first kappa shape index (κ1) is 4.42. The minimum Gasteiger partial charge on any atom is -0.600 e. The number of hydrogen-bond donors (Lipinski definition) is 1. The van der Waals surface area contributed by atoms with Crippen LogP contribution in [0, 0.1) is 5.21 Å². The second kappa shape index (κ2) is 1.40. The molecule has 0 saturated heterocycles. The first-order chi connectivity index (χ1) is 3.29. The molecular weight excluding hydrogens is 94.1 g/mol. The maximum atomic E-state index is 10.1. The quantitative estimate of drug-likeness (QED) is 0.413. The summed E-state index contributed by atoms with van der Waals surface area (Å²) in [4.78, 5) is 0. The average Bonchev–Trinajstić information content (AvgIpc) is 1.87. The van der Waals surface area contributed by atoms with Crippen molar-refractivity contribution in [1.29, 1.82) is 0 Å². The Morgan fingerprint density at radius 3 is 2.71 bits per heavy atom.